The number of pyridine rings is 1. The van der Waals surface area contributed by atoms with Crippen LogP contribution in [0.2, 0.25) is 0 Å². The summed E-state index contributed by atoms with van der Waals surface area (Å²) < 4.78 is 0.374. The molecule has 0 bridgehead atoms. The molecule has 3 N–H and O–H groups in total. The van der Waals surface area contributed by atoms with E-state index in [0.29, 0.717) is 28.1 Å². The molecule has 2 heterocycles. The first-order chi connectivity index (χ1) is 8.58. The van der Waals surface area contributed by atoms with E-state index in [4.69, 9.17) is 11.0 Å². The smallest absolute Gasteiger partial charge is 0.225 e. The second kappa shape index (κ2) is 4.94. The van der Waals surface area contributed by atoms with E-state index in [1.165, 1.54) is 0 Å². The van der Waals surface area contributed by atoms with Gasteiger partial charge in [0, 0.05) is 12.0 Å². The Kier molecular flexibility index (Phi) is 3.53. The van der Waals surface area contributed by atoms with Gasteiger partial charge in [-0.25, -0.2) is 4.98 Å². The lowest BCUT2D eigenvalue weighted by molar-refractivity contribution is -0.116. The van der Waals surface area contributed by atoms with Crippen LogP contribution in [0.5, 0.6) is 0 Å². The molecular formula is C12H13BrN4O. The highest BCUT2D eigenvalue weighted by Gasteiger charge is 2.30. The average Bonchev–Trinajstić information content (AvgIpc) is 2.28. The van der Waals surface area contributed by atoms with Gasteiger partial charge < -0.3 is 11.1 Å². The van der Waals surface area contributed by atoms with Crippen LogP contribution < -0.4 is 11.1 Å². The summed E-state index contributed by atoms with van der Waals surface area (Å²) in [6, 6.07) is 2.05. The number of nitrogen functional groups attached to an aromatic ring is 1. The number of anilines is 2. The molecule has 5 nitrogen and oxygen atoms in total. The van der Waals surface area contributed by atoms with Crippen molar-refractivity contribution in [1.29, 1.82) is 5.26 Å². The van der Waals surface area contributed by atoms with Gasteiger partial charge in [-0.3, -0.25) is 4.79 Å². The van der Waals surface area contributed by atoms with Gasteiger partial charge in [0.1, 0.15) is 22.1 Å². The Bertz CT molecular complexity index is 550. The Morgan fingerprint density at radius 2 is 2.39 bits per heavy atom. The van der Waals surface area contributed by atoms with Crippen molar-refractivity contribution < 1.29 is 4.79 Å². The van der Waals surface area contributed by atoms with Crippen LogP contribution in [0.25, 0.3) is 0 Å². The quantitative estimate of drug-likeness (QED) is 0.821. The summed E-state index contributed by atoms with van der Waals surface area (Å²) in [6.07, 6.45) is 2.22. The zero-order valence-corrected chi connectivity index (χ0v) is 11.5. The number of nitrogens with two attached hydrogens (primary N) is 1. The van der Waals surface area contributed by atoms with Gasteiger partial charge in [0.25, 0.3) is 0 Å². The number of halogens is 1. The van der Waals surface area contributed by atoms with E-state index >= 15 is 0 Å². The summed E-state index contributed by atoms with van der Waals surface area (Å²) in [6.45, 7) is 2.06. The summed E-state index contributed by atoms with van der Waals surface area (Å²) in [5.74, 6) is 0.357. The molecule has 1 atom stereocenters. The van der Waals surface area contributed by atoms with Crippen molar-refractivity contribution in [3.05, 3.63) is 15.7 Å². The highest BCUT2D eigenvalue weighted by molar-refractivity contribution is 9.10. The number of carbonyl (C=O) groups is 1. The number of rotatable bonds is 2. The maximum atomic E-state index is 11.7. The third-order valence-corrected chi connectivity index (χ3v) is 3.65. The lowest BCUT2D eigenvalue weighted by atomic mass is 9.86. The van der Waals surface area contributed by atoms with Crippen molar-refractivity contribution in [3.8, 4) is 6.07 Å². The third-order valence-electron chi connectivity index (χ3n) is 3.07. The summed E-state index contributed by atoms with van der Waals surface area (Å²) in [7, 11) is 0. The van der Waals surface area contributed by atoms with E-state index in [1.807, 2.05) is 0 Å². The molecule has 1 unspecified atom stereocenters. The molecular weight excluding hydrogens is 296 g/mol. The average molecular weight is 309 g/mol. The van der Waals surface area contributed by atoms with Crippen LogP contribution in [0, 0.1) is 11.3 Å². The molecule has 1 aromatic rings. The summed E-state index contributed by atoms with van der Waals surface area (Å²) in [5, 5.41) is 11.9. The number of aromatic nitrogens is 1. The van der Waals surface area contributed by atoms with Crippen LogP contribution in [0.1, 0.15) is 43.2 Å². The van der Waals surface area contributed by atoms with Crippen LogP contribution in [0.3, 0.4) is 0 Å². The molecule has 1 aliphatic rings. The van der Waals surface area contributed by atoms with Crippen molar-refractivity contribution in [2.24, 2.45) is 0 Å². The molecule has 6 heteroatoms. The lowest BCUT2D eigenvalue weighted by Gasteiger charge is -2.27. The largest absolute Gasteiger partial charge is 0.383 e. The molecule has 1 aromatic heterocycles. The van der Waals surface area contributed by atoms with Gasteiger partial charge in [0.15, 0.2) is 0 Å². The van der Waals surface area contributed by atoms with E-state index in [1.54, 1.807) is 0 Å². The number of nitrogens with one attached hydrogen (secondary N) is 1. The van der Waals surface area contributed by atoms with Gasteiger partial charge in [0.2, 0.25) is 5.91 Å². The number of nitrogens with zero attached hydrogens (tertiary/aromatic N) is 2. The second-order valence-electron chi connectivity index (χ2n) is 4.30. The number of amides is 1. The molecule has 0 saturated carbocycles. The van der Waals surface area contributed by atoms with Crippen LogP contribution >= 0.6 is 15.9 Å². The number of hydrogen-bond acceptors (Lipinski definition) is 4. The van der Waals surface area contributed by atoms with Crippen LogP contribution in [-0.4, -0.2) is 10.9 Å². The maximum Gasteiger partial charge on any atom is 0.225 e. The maximum absolute atomic E-state index is 11.7. The molecule has 1 aliphatic heterocycles. The van der Waals surface area contributed by atoms with E-state index in [9.17, 15) is 4.79 Å². The van der Waals surface area contributed by atoms with Gasteiger partial charge in [-0.05, 0) is 28.3 Å². The fourth-order valence-electron chi connectivity index (χ4n) is 2.34. The first-order valence-corrected chi connectivity index (χ1v) is 6.56. The lowest BCUT2D eigenvalue weighted by Crippen LogP contribution is -2.25. The van der Waals surface area contributed by atoms with Gasteiger partial charge in [-0.2, -0.15) is 5.26 Å². The Hall–Kier alpha value is -1.61. The first-order valence-electron chi connectivity index (χ1n) is 5.77. The minimum absolute atomic E-state index is 0.0476. The van der Waals surface area contributed by atoms with Gasteiger partial charge in [-0.1, -0.05) is 13.3 Å². The Balaban J connectivity index is 2.64. The Labute approximate surface area is 114 Å². The Morgan fingerprint density at radius 3 is 3.00 bits per heavy atom. The van der Waals surface area contributed by atoms with E-state index < -0.39 is 0 Å². The Morgan fingerprint density at radius 1 is 1.67 bits per heavy atom. The molecule has 0 saturated heterocycles. The summed E-state index contributed by atoms with van der Waals surface area (Å²) in [4.78, 5) is 15.8. The summed E-state index contributed by atoms with van der Waals surface area (Å²) >= 11 is 3.20. The molecule has 0 spiro atoms. The standard InChI is InChI=1S/C12H13BrN4O/c1-2-3-6-4-8(18)16-10-7(5-14)11(13)17-12(15)9(6)10/h6H,2-4H2,1H3,(H2,15,17)(H,16,18). The predicted octanol–water partition coefficient (Wildman–Crippen LogP) is 2.52. The number of hydrogen-bond donors (Lipinski definition) is 2. The monoisotopic (exact) mass is 308 g/mol. The first kappa shape index (κ1) is 12.8. The SMILES string of the molecule is CCCC1CC(=O)Nc2c(C#N)c(Br)nc(N)c21. The van der Waals surface area contributed by atoms with Crippen molar-refractivity contribution in [2.45, 2.75) is 32.1 Å². The molecule has 0 fully saturated rings. The fraction of sp³-hybridized carbons (Fsp3) is 0.417. The molecule has 18 heavy (non-hydrogen) atoms. The van der Waals surface area contributed by atoms with Gasteiger partial charge in [0.05, 0.1) is 5.69 Å². The van der Waals surface area contributed by atoms with Crippen LogP contribution in [0.15, 0.2) is 4.60 Å². The van der Waals surface area contributed by atoms with Crippen molar-refractivity contribution in [3.63, 3.8) is 0 Å². The zero-order valence-electron chi connectivity index (χ0n) is 9.96. The molecule has 1 amide bonds. The number of nitriles is 1. The van der Waals surface area contributed by atoms with E-state index in [-0.39, 0.29) is 11.8 Å². The molecule has 2 rings (SSSR count). The van der Waals surface area contributed by atoms with E-state index in [2.05, 4.69) is 39.2 Å². The van der Waals surface area contributed by atoms with Crippen molar-refractivity contribution in [2.75, 3.05) is 11.1 Å². The second-order valence-corrected chi connectivity index (χ2v) is 5.05. The number of carbonyl (C=O) groups excluding carboxylic acids is 1. The summed E-state index contributed by atoms with van der Waals surface area (Å²) in [5.41, 5.74) is 7.59. The normalized spacial score (nSPS) is 17.8. The van der Waals surface area contributed by atoms with E-state index in [0.717, 1.165) is 18.4 Å². The third kappa shape index (κ3) is 2.06. The fourth-order valence-corrected chi connectivity index (χ4v) is 2.82. The van der Waals surface area contributed by atoms with Crippen LogP contribution in [0.4, 0.5) is 11.5 Å². The highest BCUT2D eigenvalue weighted by Crippen LogP contribution is 2.41. The minimum atomic E-state index is -0.0741. The molecule has 94 valence electrons. The highest BCUT2D eigenvalue weighted by atomic mass is 79.9. The molecule has 0 aromatic carbocycles. The van der Waals surface area contributed by atoms with Crippen molar-refractivity contribution >= 4 is 33.3 Å². The van der Waals surface area contributed by atoms with Crippen molar-refractivity contribution in [1.82, 2.24) is 4.98 Å². The zero-order chi connectivity index (χ0) is 13.3. The predicted molar refractivity (Wildman–Crippen MR) is 72.0 cm³/mol. The van der Waals surface area contributed by atoms with Gasteiger partial charge in [-0.15, -0.1) is 0 Å². The molecule has 0 aliphatic carbocycles. The van der Waals surface area contributed by atoms with Gasteiger partial charge >= 0.3 is 0 Å². The number of fused-ring (bicyclic) bond motifs is 1. The minimum Gasteiger partial charge on any atom is -0.383 e. The van der Waals surface area contributed by atoms with Crippen LogP contribution in [-0.2, 0) is 4.79 Å². The topological polar surface area (TPSA) is 91.8 Å². The molecule has 0 radical (unpaired) electrons.